The maximum Gasteiger partial charge on any atom is 0.314 e. The zero-order valence-corrected chi connectivity index (χ0v) is 9.20. The van der Waals surface area contributed by atoms with E-state index in [1.807, 2.05) is 0 Å². The number of primary amides is 1. The Morgan fingerprint density at radius 2 is 2.27 bits per heavy atom. The smallest absolute Gasteiger partial charge is 0.314 e. The number of amides is 2. The quantitative estimate of drug-likeness (QED) is 0.666. The van der Waals surface area contributed by atoms with E-state index in [4.69, 9.17) is 12.2 Å². The van der Waals surface area contributed by atoms with Crippen molar-refractivity contribution in [2.45, 2.75) is 38.3 Å². The van der Waals surface area contributed by atoms with Gasteiger partial charge in [0.1, 0.15) is 0 Å². The average Bonchev–Trinajstić information content (AvgIpc) is 2.18. The van der Waals surface area contributed by atoms with E-state index in [1.54, 1.807) is 4.90 Å². The maximum atomic E-state index is 10.9. The van der Waals surface area contributed by atoms with Gasteiger partial charge in [0.2, 0.25) is 0 Å². The molecular formula is C11H19N3O. The molecule has 0 aliphatic carbocycles. The number of nitrogens with one attached hydrogen (secondary N) is 1. The van der Waals surface area contributed by atoms with E-state index in [-0.39, 0.29) is 6.03 Å². The lowest BCUT2D eigenvalue weighted by Gasteiger charge is -2.32. The molecule has 1 saturated heterocycles. The van der Waals surface area contributed by atoms with Crippen LogP contribution < -0.4 is 11.1 Å². The van der Waals surface area contributed by atoms with Crippen molar-refractivity contribution in [2.75, 3.05) is 13.1 Å². The highest BCUT2D eigenvalue weighted by molar-refractivity contribution is 5.72. The molecule has 1 aliphatic heterocycles. The number of terminal acetylenes is 1. The molecule has 4 heteroatoms. The zero-order valence-electron chi connectivity index (χ0n) is 9.20. The van der Waals surface area contributed by atoms with Gasteiger partial charge in [-0.25, -0.2) is 4.79 Å². The molecule has 0 radical (unpaired) electrons. The average molecular weight is 209 g/mol. The second-order valence-corrected chi connectivity index (χ2v) is 4.08. The van der Waals surface area contributed by atoms with Gasteiger partial charge in [-0.3, -0.25) is 0 Å². The maximum absolute atomic E-state index is 10.9. The van der Waals surface area contributed by atoms with Gasteiger partial charge >= 0.3 is 6.03 Å². The van der Waals surface area contributed by atoms with Crippen molar-refractivity contribution >= 4 is 6.03 Å². The topological polar surface area (TPSA) is 58.4 Å². The summed E-state index contributed by atoms with van der Waals surface area (Å²) in [6.45, 7) is 3.58. The summed E-state index contributed by atoms with van der Waals surface area (Å²) >= 11 is 0. The number of likely N-dealkylation sites (tertiary alicyclic amines) is 1. The molecule has 1 fully saturated rings. The lowest BCUT2D eigenvalue weighted by molar-refractivity contribution is 0.183. The van der Waals surface area contributed by atoms with Crippen molar-refractivity contribution in [3.63, 3.8) is 0 Å². The predicted octanol–water partition coefficient (Wildman–Crippen LogP) is 0.531. The number of carbonyl (C=O) groups is 1. The Labute approximate surface area is 91.2 Å². The normalized spacial score (nSPS) is 19.6. The monoisotopic (exact) mass is 209 g/mol. The molecule has 2 amide bonds. The van der Waals surface area contributed by atoms with E-state index in [2.05, 4.69) is 18.2 Å². The molecule has 1 atom stereocenters. The summed E-state index contributed by atoms with van der Waals surface area (Å²) in [5.74, 6) is 2.64. The number of urea groups is 1. The van der Waals surface area contributed by atoms with E-state index in [0.29, 0.717) is 12.1 Å². The van der Waals surface area contributed by atoms with Gasteiger partial charge in [-0.05, 0) is 19.8 Å². The largest absolute Gasteiger partial charge is 0.351 e. The Morgan fingerprint density at radius 3 is 2.73 bits per heavy atom. The standard InChI is InChI=1S/C11H19N3O/c1-3-4-9(2)13-10-5-7-14(8-6-10)11(12)15/h1,9-10,13H,4-8H2,2H3,(H2,12,15). The Bertz CT molecular complexity index is 251. The van der Waals surface area contributed by atoms with Crippen LogP contribution >= 0.6 is 0 Å². The van der Waals surface area contributed by atoms with Crippen molar-refractivity contribution in [3.05, 3.63) is 0 Å². The number of hydrogen-bond acceptors (Lipinski definition) is 2. The number of carbonyl (C=O) groups excluding carboxylic acids is 1. The van der Waals surface area contributed by atoms with Crippen LogP contribution in [0.25, 0.3) is 0 Å². The number of rotatable bonds is 3. The number of nitrogens with two attached hydrogens (primary N) is 1. The van der Waals surface area contributed by atoms with Crippen LogP contribution in [0.1, 0.15) is 26.2 Å². The zero-order chi connectivity index (χ0) is 11.3. The lowest BCUT2D eigenvalue weighted by Crippen LogP contribution is -2.48. The van der Waals surface area contributed by atoms with Gasteiger partial charge < -0.3 is 16.0 Å². The van der Waals surface area contributed by atoms with Crippen LogP contribution in [0, 0.1) is 12.3 Å². The molecule has 0 spiro atoms. The molecule has 4 nitrogen and oxygen atoms in total. The fourth-order valence-electron chi connectivity index (χ4n) is 1.90. The van der Waals surface area contributed by atoms with E-state index >= 15 is 0 Å². The van der Waals surface area contributed by atoms with Gasteiger partial charge in [-0.2, -0.15) is 0 Å². The molecule has 0 bridgehead atoms. The van der Waals surface area contributed by atoms with Gasteiger partial charge in [0.15, 0.2) is 0 Å². The number of nitrogens with zero attached hydrogens (tertiary/aromatic N) is 1. The minimum absolute atomic E-state index is 0.315. The van der Waals surface area contributed by atoms with E-state index < -0.39 is 0 Å². The van der Waals surface area contributed by atoms with Gasteiger partial charge in [-0.15, -0.1) is 12.3 Å². The van der Waals surface area contributed by atoms with Crippen LogP contribution in [0.5, 0.6) is 0 Å². The third-order valence-corrected chi connectivity index (χ3v) is 2.75. The number of piperidine rings is 1. The SMILES string of the molecule is C#CCC(C)NC1CCN(C(N)=O)CC1. The minimum atomic E-state index is -0.315. The highest BCUT2D eigenvalue weighted by atomic mass is 16.2. The third-order valence-electron chi connectivity index (χ3n) is 2.75. The molecule has 0 aromatic heterocycles. The summed E-state index contributed by atoms with van der Waals surface area (Å²) in [7, 11) is 0. The third kappa shape index (κ3) is 3.80. The van der Waals surface area contributed by atoms with Gasteiger partial charge in [0.05, 0.1) is 0 Å². The van der Waals surface area contributed by atoms with Crippen molar-refractivity contribution < 1.29 is 4.79 Å². The Kier molecular flexibility index (Phi) is 4.44. The lowest BCUT2D eigenvalue weighted by atomic mass is 10.0. The first-order valence-corrected chi connectivity index (χ1v) is 5.37. The van der Waals surface area contributed by atoms with E-state index in [0.717, 1.165) is 32.4 Å². The van der Waals surface area contributed by atoms with Crippen LogP contribution in [0.4, 0.5) is 4.79 Å². The molecule has 1 aliphatic rings. The summed E-state index contributed by atoms with van der Waals surface area (Å²) in [5, 5.41) is 3.46. The fourth-order valence-corrected chi connectivity index (χ4v) is 1.90. The summed E-state index contributed by atoms with van der Waals surface area (Å²) in [6, 6.07) is 0.495. The van der Waals surface area contributed by atoms with Crippen molar-refractivity contribution in [3.8, 4) is 12.3 Å². The molecule has 1 rings (SSSR count). The summed E-state index contributed by atoms with van der Waals surface area (Å²) in [6.07, 6.45) is 7.90. The van der Waals surface area contributed by atoms with Gasteiger partial charge in [0, 0.05) is 31.6 Å². The summed E-state index contributed by atoms with van der Waals surface area (Å²) in [5.41, 5.74) is 5.20. The van der Waals surface area contributed by atoms with Crippen LogP contribution in [0.15, 0.2) is 0 Å². The first kappa shape index (κ1) is 11.9. The molecule has 1 heterocycles. The molecule has 84 valence electrons. The predicted molar refractivity (Wildman–Crippen MR) is 60.2 cm³/mol. The van der Waals surface area contributed by atoms with Crippen LogP contribution in [0.2, 0.25) is 0 Å². The van der Waals surface area contributed by atoms with E-state index in [9.17, 15) is 4.79 Å². The number of hydrogen-bond donors (Lipinski definition) is 2. The van der Waals surface area contributed by atoms with Gasteiger partial charge in [-0.1, -0.05) is 0 Å². The second-order valence-electron chi connectivity index (χ2n) is 4.08. The van der Waals surface area contributed by atoms with Crippen LogP contribution in [-0.4, -0.2) is 36.1 Å². The highest BCUT2D eigenvalue weighted by Crippen LogP contribution is 2.10. The summed E-state index contributed by atoms with van der Waals surface area (Å²) in [4.78, 5) is 12.6. The highest BCUT2D eigenvalue weighted by Gasteiger charge is 2.21. The molecule has 3 N–H and O–H groups in total. The minimum Gasteiger partial charge on any atom is -0.351 e. The van der Waals surface area contributed by atoms with E-state index in [1.165, 1.54) is 0 Å². The molecule has 1 unspecified atom stereocenters. The Balaban J connectivity index is 2.26. The fraction of sp³-hybridized carbons (Fsp3) is 0.727. The van der Waals surface area contributed by atoms with Crippen LogP contribution in [0.3, 0.4) is 0 Å². The van der Waals surface area contributed by atoms with Crippen molar-refractivity contribution in [1.82, 2.24) is 10.2 Å². The first-order valence-electron chi connectivity index (χ1n) is 5.37. The summed E-state index contributed by atoms with van der Waals surface area (Å²) < 4.78 is 0. The molecular weight excluding hydrogens is 190 g/mol. The molecule has 0 saturated carbocycles. The first-order chi connectivity index (χ1) is 7.13. The van der Waals surface area contributed by atoms with Crippen molar-refractivity contribution in [1.29, 1.82) is 0 Å². The second kappa shape index (κ2) is 5.62. The van der Waals surface area contributed by atoms with Crippen molar-refractivity contribution in [2.24, 2.45) is 5.73 Å². The molecule has 15 heavy (non-hydrogen) atoms. The Hall–Kier alpha value is -1.21. The van der Waals surface area contributed by atoms with Crippen LogP contribution in [-0.2, 0) is 0 Å². The van der Waals surface area contributed by atoms with Gasteiger partial charge in [0.25, 0.3) is 0 Å². The molecule has 0 aromatic rings. The molecule has 0 aromatic carbocycles. The Morgan fingerprint density at radius 1 is 1.67 bits per heavy atom.